The van der Waals surface area contributed by atoms with Crippen molar-refractivity contribution in [3.05, 3.63) is 69.9 Å². The van der Waals surface area contributed by atoms with Gasteiger partial charge in [-0.15, -0.1) is 0 Å². The Morgan fingerprint density at radius 1 is 1.17 bits per heavy atom. The number of para-hydroxylation sites is 1. The van der Waals surface area contributed by atoms with Crippen LogP contribution >= 0.6 is 22.9 Å². The Balaban J connectivity index is 1.76. The molecule has 0 radical (unpaired) electrons. The summed E-state index contributed by atoms with van der Waals surface area (Å²) in [5.74, 6) is -0.841. The minimum absolute atomic E-state index is 0.0414. The molecule has 3 aromatic rings. The van der Waals surface area contributed by atoms with E-state index in [9.17, 15) is 9.18 Å². The van der Waals surface area contributed by atoms with Crippen molar-refractivity contribution in [3.8, 4) is 0 Å². The molecule has 2 N–H and O–H groups in total. The molecule has 0 spiro atoms. The van der Waals surface area contributed by atoms with Gasteiger partial charge >= 0.3 is 0 Å². The molecule has 2 aromatic carbocycles. The van der Waals surface area contributed by atoms with Crippen LogP contribution < -0.4 is 10.6 Å². The van der Waals surface area contributed by atoms with E-state index in [-0.39, 0.29) is 10.9 Å². The zero-order valence-electron chi connectivity index (χ0n) is 12.6. The van der Waals surface area contributed by atoms with E-state index in [0.717, 1.165) is 5.69 Å². The molecule has 0 saturated carbocycles. The van der Waals surface area contributed by atoms with Gasteiger partial charge in [-0.3, -0.25) is 4.79 Å². The summed E-state index contributed by atoms with van der Waals surface area (Å²) in [5.41, 5.74) is 1.93. The number of carbonyl (C=O) groups excluding carboxylic acids is 1. The van der Waals surface area contributed by atoms with Crippen molar-refractivity contribution in [2.24, 2.45) is 0 Å². The van der Waals surface area contributed by atoms with Crippen LogP contribution in [0.4, 0.5) is 20.9 Å². The van der Waals surface area contributed by atoms with Crippen molar-refractivity contribution in [2.75, 3.05) is 10.6 Å². The maximum Gasteiger partial charge on any atom is 0.267 e. The number of rotatable bonds is 4. The van der Waals surface area contributed by atoms with Gasteiger partial charge in [-0.2, -0.15) is 0 Å². The number of anilines is 3. The van der Waals surface area contributed by atoms with Crippen molar-refractivity contribution in [1.82, 2.24) is 4.98 Å². The number of amides is 1. The Hall–Kier alpha value is -2.44. The second-order valence-electron chi connectivity index (χ2n) is 5.01. The van der Waals surface area contributed by atoms with Gasteiger partial charge in [0.25, 0.3) is 5.91 Å². The first-order valence-electron chi connectivity index (χ1n) is 7.09. The van der Waals surface area contributed by atoms with Gasteiger partial charge in [0.2, 0.25) is 0 Å². The lowest BCUT2D eigenvalue weighted by atomic mass is 10.3. The fourth-order valence-electron chi connectivity index (χ4n) is 2.07. The molecular formula is C17H13ClFN3OS. The summed E-state index contributed by atoms with van der Waals surface area (Å²) in [6.07, 6.45) is 0. The first-order chi connectivity index (χ1) is 11.5. The molecule has 1 heterocycles. The van der Waals surface area contributed by atoms with E-state index < -0.39 is 5.82 Å². The number of carbonyl (C=O) groups is 1. The highest BCUT2D eigenvalue weighted by molar-refractivity contribution is 7.17. The molecule has 4 nitrogen and oxygen atoms in total. The SMILES string of the molecule is Cc1nc(Nc2ccccc2)sc1C(=O)Nc1ccc(F)c(Cl)c1. The molecule has 0 atom stereocenters. The lowest BCUT2D eigenvalue weighted by Crippen LogP contribution is -2.11. The number of nitrogens with zero attached hydrogens (tertiary/aromatic N) is 1. The highest BCUT2D eigenvalue weighted by Gasteiger charge is 2.16. The minimum atomic E-state index is -0.530. The number of aromatic nitrogens is 1. The van der Waals surface area contributed by atoms with Gasteiger partial charge in [0, 0.05) is 11.4 Å². The van der Waals surface area contributed by atoms with Crippen LogP contribution in [0.25, 0.3) is 0 Å². The highest BCUT2D eigenvalue weighted by Crippen LogP contribution is 2.27. The predicted molar refractivity (Wildman–Crippen MR) is 95.9 cm³/mol. The zero-order chi connectivity index (χ0) is 17.1. The normalized spacial score (nSPS) is 10.5. The Bertz CT molecular complexity index is 883. The molecule has 0 aliphatic carbocycles. The first-order valence-corrected chi connectivity index (χ1v) is 8.28. The summed E-state index contributed by atoms with van der Waals surface area (Å²) < 4.78 is 13.2. The molecule has 0 aliphatic heterocycles. The molecule has 0 unspecified atom stereocenters. The third kappa shape index (κ3) is 3.72. The van der Waals surface area contributed by atoms with E-state index in [4.69, 9.17) is 11.6 Å². The van der Waals surface area contributed by atoms with Gasteiger partial charge in [0.05, 0.1) is 10.7 Å². The Morgan fingerprint density at radius 2 is 1.92 bits per heavy atom. The van der Waals surface area contributed by atoms with Gasteiger partial charge in [-0.1, -0.05) is 41.1 Å². The fraction of sp³-hybridized carbons (Fsp3) is 0.0588. The number of aryl methyl sites for hydroxylation is 1. The predicted octanol–water partition coefficient (Wildman–Crippen LogP) is 5.24. The topological polar surface area (TPSA) is 54.0 Å². The maximum atomic E-state index is 13.2. The van der Waals surface area contributed by atoms with Crippen molar-refractivity contribution in [3.63, 3.8) is 0 Å². The molecule has 0 fully saturated rings. The minimum Gasteiger partial charge on any atom is -0.332 e. The molecule has 1 aromatic heterocycles. The van der Waals surface area contributed by atoms with Gasteiger partial charge < -0.3 is 10.6 Å². The smallest absolute Gasteiger partial charge is 0.267 e. The summed E-state index contributed by atoms with van der Waals surface area (Å²) in [6.45, 7) is 1.76. The number of benzene rings is 2. The molecular weight excluding hydrogens is 349 g/mol. The third-order valence-corrected chi connectivity index (χ3v) is 4.57. The summed E-state index contributed by atoms with van der Waals surface area (Å²) in [6, 6.07) is 13.6. The average molecular weight is 362 g/mol. The van der Waals surface area contributed by atoms with E-state index >= 15 is 0 Å². The Kier molecular flexibility index (Phi) is 4.78. The molecule has 0 aliphatic rings. The van der Waals surface area contributed by atoms with E-state index in [1.54, 1.807) is 6.92 Å². The van der Waals surface area contributed by atoms with Crippen LogP contribution in [0.5, 0.6) is 0 Å². The van der Waals surface area contributed by atoms with Crippen LogP contribution in [0.2, 0.25) is 5.02 Å². The summed E-state index contributed by atoms with van der Waals surface area (Å²) in [7, 11) is 0. The Morgan fingerprint density at radius 3 is 2.62 bits per heavy atom. The third-order valence-electron chi connectivity index (χ3n) is 3.21. The summed E-state index contributed by atoms with van der Waals surface area (Å²) in [4.78, 5) is 17.2. The van der Waals surface area contributed by atoms with E-state index in [2.05, 4.69) is 15.6 Å². The summed E-state index contributed by atoms with van der Waals surface area (Å²) >= 11 is 6.97. The highest BCUT2D eigenvalue weighted by atomic mass is 35.5. The van der Waals surface area contributed by atoms with Crippen LogP contribution in [-0.4, -0.2) is 10.9 Å². The van der Waals surface area contributed by atoms with E-state index in [0.29, 0.717) is 21.4 Å². The molecule has 24 heavy (non-hydrogen) atoms. The lowest BCUT2D eigenvalue weighted by molar-refractivity contribution is 0.103. The molecule has 1 amide bonds. The second kappa shape index (κ2) is 6.98. The zero-order valence-corrected chi connectivity index (χ0v) is 14.2. The number of halogens is 2. The fourth-order valence-corrected chi connectivity index (χ4v) is 3.13. The van der Waals surface area contributed by atoms with Crippen LogP contribution in [0.3, 0.4) is 0 Å². The number of hydrogen-bond donors (Lipinski definition) is 2. The van der Waals surface area contributed by atoms with Gasteiger partial charge in [0.15, 0.2) is 5.13 Å². The van der Waals surface area contributed by atoms with E-state index in [1.807, 2.05) is 30.3 Å². The average Bonchev–Trinajstić information content (AvgIpc) is 2.92. The second-order valence-corrected chi connectivity index (χ2v) is 6.41. The van der Waals surface area contributed by atoms with E-state index in [1.165, 1.54) is 29.5 Å². The maximum absolute atomic E-state index is 13.2. The number of hydrogen-bond acceptors (Lipinski definition) is 4. The lowest BCUT2D eigenvalue weighted by Gasteiger charge is -2.04. The van der Waals surface area contributed by atoms with Crippen LogP contribution in [0.1, 0.15) is 15.4 Å². The monoisotopic (exact) mass is 361 g/mol. The van der Waals surface area contributed by atoms with Gasteiger partial charge in [-0.05, 0) is 37.3 Å². The summed E-state index contributed by atoms with van der Waals surface area (Å²) in [5, 5.41) is 6.44. The quantitative estimate of drug-likeness (QED) is 0.668. The Labute approximate surface area is 147 Å². The van der Waals surface area contributed by atoms with Crippen LogP contribution in [0.15, 0.2) is 48.5 Å². The van der Waals surface area contributed by atoms with Crippen LogP contribution in [0, 0.1) is 12.7 Å². The van der Waals surface area contributed by atoms with Gasteiger partial charge in [-0.25, -0.2) is 9.37 Å². The molecule has 0 bridgehead atoms. The molecule has 3 rings (SSSR count). The molecule has 122 valence electrons. The van der Waals surface area contributed by atoms with Crippen molar-refractivity contribution in [2.45, 2.75) is 6.92 Å². The standard InChI is InChI=1S/C17H13ClFN3OS/c1-10-15(16(23)21-12-7-8-14(19)13(18)9-12)24-17(20-10)22-11-5-3-2-4-6-11/h2-9H,1H3,(H,20,22)(H,21,23). The van der Waals surface area contributed by atoms with Crippen molar-refractivity contribution in [1.29, 1.82) is 0 Å². The van der Waals surface area contributed by atoms with Crippen molar-refractivity contribution >= 4 is 45.4 Å². The largest absolute Gasteiger partial charge is 0.332 e. The molecule has 0 saturated heterocycles. The number of nitrogens with one attached hydrogen (secondary N) is 2. The first kappa shape index (κ1) is 16.4. The number of thiazole rings is 1. The van der Waals surface area contributed by atoms with Crippen LogP contribution in [-0.2, 0) is 0 Å². The van der Waals surface area contributed by atoms with Gasteiger partial charge in [0.1, 0.15) is 10.7 Å². The molecule has 7 heteroatoms. The van der Waals surface area contributed by atoms with Crippen molar-refractivity contribution < 1.29 is 9.18 Å².